The van der Waals surface area contributed by atoms with Crippen LogP contribution in [0.2, 0.25) is 0 Å². The summed E-state index contributed by atoms with van der Waals surface area (Å²) in [5.41, 5.74) is 11.5. The number of benzene rings is 4. The van der Waals surface area contributed by atoms with E-state index in [-0.39, 0.29) is 10.8 Å². The van der Waals surface area contributed by atoms with Crippen LogP contribution in [-0.2, 0) is 10.8 Å². The lowest BCUT2D eigenvalue weighted by Gasteiger charge is -2.20. The van der Waals surface area contributed by atoms with Crippen LogP contribution in [-0.4, -0.2) is 9.13 Å². The van der Waals surface area contributed by atoms with Crippen LogP contribution >= 0.6 is 0 Å². The first kappa shape index (κ1) is 23.8. The summed E-state index contributed by atoms with van der Waals surface area (Å²) in [6, 6.07) is 35.2. The van der Waals surface area contributed by atoms with E-state index in [1.54, 1.807) is 0 Å². The first-order valence-electron chi connectivity index (χ1n) is 13.8. The molecule has 3 heteroatoms. The minimum absolute atomic E-state index is 0.0984. The summed E-state index contributed by atoms with van der Waals surface area (Å²) < 4.78 is 11.6. The summed E-state index contributed by atoms with van der Waals surface area (Å²) in [6.45, 7) is 13.5. The number of hydrogen-bond acceptors (Lipinski definition) is 1. The number of fused-ring (bicyclic) bond motifs is 7. The predicted molar refractivity (Wildman–Crippen MR) is 165 cm³/mol. The standard InChI is InChI=1S/C36H34N2O/c1-35(2,3)23-15-19-25(20-16-23)37-29-13-9-7-11-27(29)33-31(37)32-34(39-33)28-12-8-10-14-30(28)38(32)26-21-17-24(18-22-26)36(4,5)6/h7-22H,1-6H3. The molecule has 7 rings (SSSR count). The lowest BCUT2D eigenvalue weighted by molar-refractivity contribution is 0.590. The molecule has 7 aromatic rings. The van der Waals surface area contributed by atoms with Gasteiger partial charge in [-0.15, -0.1) is 0 Å². The number of aromatic nitrogens is 2. The van der Waals surface area contributed by atoms with Crippen molar-refractivity contribution in [3.05, 3.63) is 108 Å². The lowest BCUT2D eigenvalue weighted by Crippen LogP contribution is -2.11. The van der Waals surface area contributed by atoms with Gasteiger partial charge in [0.1, 0.15) is 11.0 Å². The molecule has 0 bridgehead atoms. The molecule has 4 aromatic carbocycles. The minimum Gasteiger partial charge on any atom is -0.451 e. The molecule has 0 aliphatic heterocycles. The fraction of sp³-hybridized carbons (Fsp3) is 0.222. The first-order valence-corrected chi connectivity index (χ1v) is 13.8. The van der Waals surface area contributed by atoms with E-state index in [1.165, 1.54) is 11.1 Å². The average molecular weight is 511 g/mol. The van der Waals surface area contributed by atoms with Crippen molar-refractivity contribution in [2.24, 2.45) is 0 Å². The molecule has 0 N–H and O–H groups in total. The van der Waals surface area contributed by atoms with E-state index in [2.05, 4.69) is 148 Å². The minimum atomic E-state index is 0.0984. The second-order valence-corrected chi connectivity index (χ2v) is 12.8. The van der Waals surface area contributed by atoms with Crippen LogP contribution in [0.3, 0.4) is 0 Å². The van der Waals surface area contributed by atoms with Gasteiger partial charge in [0.25, 0.3) is 0 Å². The van der Waals surface area contributed by atoms with Crippen LogP contribution in [0.25, 0.3) is 55.4 Å². The van der Waals surface area contributed by atoms with Crippen molar-refractivity contribution < 1.29 is 4.42 Å². The van der Waals surface area contributed by atoms with E-state index in [0.717, 1.165) is 55.4 Å². The fourth-order valence-corrected chi connectivity index (χ4v) is 5.91. The third-order valence-electron chi connectivity index (χ3n) is 8.07. The van der Waals surface area contributed by atoms with Crippen LogP contribution in [0, 0.1) is 0 Å². The van der Waals surface area contributed by atoms with Crippen molar-refractivity contribution in [2.75, 3.05) is 0 Å². The highest BCUT2D eigenvalue weighted by atomic mass is 16.3. The molecule has 0 aliphatic rings. The Morgan fingerprint density at radius 1 is 0.462 bits per heavy atom. The van der Waals surface area contributed by atoms with Crippen LogP contribution in [0.4, 0.5) is 0 Å². The van der Waals surface area contributed by atoms with Crippen molar-refractivity contribution in [3.63, 3.8) is 0 Å². The largest absolute Gasteiger partial charge is 0.451 e. The number of nitrogens with zero attached hydrogens (tertiary/aromatic N) is 2. The molecular weight excluding hydrogens is 476 g/mol. The zero-order valence-electron chi connectivity index (χ0n) is 23.5. The van der Waals surface area contributed by atoms with E-state index >= 15 is 0 Å². The molecule has 3 aromatic heterocycles. The molecule has 3 nitrogen and oxygen atoms in total. The molecule has 0 spiro atoms. The molecule has 0 atom stereocenters. The lowest BCUT2D eigenvalue weighted by atomic mass is 9.87. The highest BCUT2D eigenvalue weighted by Crippen LogP contribution is 2.44. The van der Waals surface area contributed by atoms with Crippen molar-refractivity contribution in [1.29, 1.82) is 0 Å². The van der Waals surface area contributed by atoms with Gasteiger partial charge >= 0.3 is 0 Å². The summed E-state index contributed by atoms with van der Waals surface area (Å²) in [5.74, 6) is 0. The Labute approximate surface area is 229 Å². The fourth-order valence-electron chi connectivity index (χ4n) is 5.91. The van der Waals surface area contributed by atoms with Gasteiger partial charge in [0.15, 0.2) is 11.2 Å². The van der Waals surface area contributed by atoms with E-state index in [0.29, 0.717) is 0 Å². The molecule has 0 unspecified atom stereocenters. The maximum absolute atomic E-state index is 6.80. The Balaban J connectivity index is 1.60. The third-order valence-corrected chi connectivity index (χ3v) is 8.07. The van der Waals surface area contributed by atoms with E-state index in [4.69, 9.17) is 4.42 Å². The SMILES string of the molecule is CC(C)(C)c1ccc(-n2c3ccccc3c3oc4c5ccccc5n(-c5ccc(C(C)(C)C)cc5)c4c32)cc1. The second-order valence-electron chi connectivity index (χ2n) is 12.8. The van der Waals surface area contributed by atoms with Crippen LogP contribution in [0.5, 0.6) is 0 Å². The van der Waals surface area contributed by atoms with E-state index < -0.39 is 0 Å². The van der Waals surface area contributed by atoms with Gasteiger partial charge in [-0.1, -0.05) is 90.1 Å². The Hall–Kier alpha value is -4.24. The number of hydrogen-bond donors (Lipinski definition) is 0. The maximum atomic E-state index is 6.80. The first-order chi connectivity index (χ1) is 18.6. The molecule has 0 amide bonds. The second kappa shape index (κ2) is 8.13. The number of rotatable bonds is 2. The van der Waals surface area contributed by atoms with Gasteiger partial charge in [-0.05, 0) is 70.5 Å². The summed E-state index contributed by atoms with van der Waals surface area (Å²) in [5, 5.41) is 2.25. The predicted octanol–water partition coefficient (Wildman–Crippen LogP) is 10.1. The Bertz CT molecular complexity index is 1850. The number of furan rings is 1. The van der Waals surface area contributed by atoms with Gasteiger partial charge in [0.2, 0.25) is 0 Å². The molecule has 0 saturated heterocycles. The van der Waals surface area contributed by atoms with Gasteiger partial charge in [-0.3, -0.25) is 0 Å². The van der Waals surface area contributed by atoms with Gasteiger partial charge in [-0.25, -0.2) is 0 Å². The van der Waals surface area contributed by atoms with Gasteiger partial charge in [0, 0.05) is 22.1 Å². The Morgan fingerprint density at radius 2 is 0.821 bits per heavy atom. The van der Waals surface area contributed by atoms with Crippen LogP contribution in [0.1, 0.15) is 52.7 Å². The highest BCUT2D eigenvalue weighted by Gasteiger charge is 2.26. The van der Waals surface area contributed by atoms with E-state index in [9.17, 15) is 0 Å². The van der Waals surface area contributed by atoms with Crippen LogP contribution < -0.4 is 0 Å². The van der Waals surface area contributed by atoms with Crippen molar-refractivity contribution >= 4 is 44.0 Å². The zero-order chi connectivity index (χ0) is 27.1. The zero-order valence-corrected chi connectivity index (χ0v) is 23.5. The molecule has 0 fully saturated rings. The molecular formula is C36H34N2O. The number of para-hydroxylation sites is 2. The normalized spacial score (nSPS) is 12.9. The quantitative estimate of drug-likeness (QED) is 0.227. The van der Waals surface area contributed by atoms with E-state index in [1.807, 2.05) is 0 Å². The third kappa shape index (κ3) is 3.56. The molecule has 39 heavy (non-hydrogen) atoms. The Kier molecular flexibility index (Phi) is 4.97. The van der Waals surface area contributed by atoms with Gasteiger partial charge < -0.3 is 13.6 Å². The molecule has 0 radical (unpaired) electrons. The summed E-state index contributed by atoms with van der Waals surface area (Å²) in [4.78, 5) is 0. The monoisotopic (exact) mass is 510 g/mol. The Morgan fingerprint density at radius 3 is 1.18 bits per heavy atom. The molecule has 194 valence electrons. The average Bonchev–Trinajstić information content (AvgIpc) is 3.54. The van der Waals surface area contributed by atoms with Crippen molar-refractivity contribution in [1.82, 2.24) is 9.13 Å². The van der Waals surface area contributed by atoms with Crippen molar-refractivity contribution in [2.45, 2.75) is 52.4 Å². The molecule has 0 aliphatic carbocycles. The molecule has 3 heterocycles. The highest BCUT2D eigenvalue weighted by molar-refractivity contribution is 6.21. The van der Waals surface area contributed by atoms with Crippen LogP contribution in [0.15, 0.2) is 101 Å². The topological polar surface area (TPSA) is 23.0 Å². The molecule has 0 saturated carbocycles. The summed E-state index contributed by atoms with van der Waals surface area (Å²) >= 11 is 0. The van der Waals surface area contributed by atoms with Gasteiger partial charge in [-0.2, -0.15) is 0 Å². The van der Waals surface area contributed by atoms with Gasteiger partial charge in [0.05, 0.1) is 11.0 Å². The van der Waals surface area contributed by atoms with Crippen molar-refractivity contribution in [3.8, 4) is 11.4 Å². The smallest absolute Gasteiger partial charge is 0.163 e. The summed E-state index contributed by atoms with van der Waals surface area (Å²) in [6.07, 6.45) is 0. The maximum Gasteiger partial charge on any atom is 0.163 e. The summed E-state index contributed by atoms with van der Waals surface area (Å²) in [7, 11) is 0.